The summed E-state index contributed by atoms with van der Waals surface area (Å²) in [6.45, 7) is 0.615. The molecule has 0 saturated heterocycles. The van der Waals surface area contributed by atoms with E-state index in [0.29, 0.717) is 12.1 Å². The summed E-state index contributed by atoms with van der Waals surface area (Å²) in [5.74, 6) is 0. The van der Waals surface area contributed by atoms with Crippen molar-refractivity contribution in [3.8, 4) is 6.07 Å². The fourth-order valence-electron chi connectivity index (χ4n) is 1.85. The summed E-state index contributed by atoms with van der Waals surface area (Å²) in [6.07, 6.45) is 3.31. The molecule has 0 aliphatic rings. The first-order chi connectivity index (χ1) is 8.74. The van der Waals surface area contributed by atoms with Crippen molar-refractivity contribution in [3.05, 3.63) is 53.5 Å². The molecular weight excluding hydrogens is 228 g/mol. The molecule has 4 nitrogen and oxygen atoms in total. The van der Waals surface area contributed by atoms with E-state index >= 15 is 0 Å². The first-order valence-electron chi connectivity index (χ1n) is 5.60. The molecule has 0 fully saturated rings. The summed E-state index contributed by atoms with van der Waals surface area (Å²) in [7, 11) is 1.92. The van der Waals surface area contributed by atoms with Crippen molar-refractivity contribution < 1.29 is 9.52 Å². The highest BCUT2D eigenvalue weighted by atomic mass is 16.3. The number of benzene rings is 1. The van der Waals surface area contributed by atoms with Crippen LogP contribution in [0.3, 0.4) is 0 Å². The second-order valence-electron chi connectivity index (χ2n) is 4.11. The van der Waals surface area contributed by atoms with Gasteiger partial charge < -0.3 is 14.4 Å². The van der Waals surface area contributed by atoms with Crippen LogP contribution >= 0.6 is 0 Å². The van der Waals surface area contributed by atoms with Crippen LogP contribution in [0.5, 0.6) is 0 Å². The standard InChI is InChI=1S/C14H14N2O2/c1-16(8-12-4-5-18-10-12)14-3-2-11(9-17)6-13(14)7-15/h2-6,10,17H,8-9H2,1H3. The molecule has 0 spiro atoms. The summed E-state index contributed by atoms with van der Waals surface area (Å²) in [5, 5.41) is 18.2. The lowest BCUT2D eigenvalue weighted by Gasteiger charge is -2.20. The maximum Gasteiger partial charge on any atom is 0.101 e. The van der Waals surface area contributed by atoms with Crippen LogP contribution in [0.1, 0.15) is 16.7 Å². The third kappa shape index (κ3) is 2.53. The van der Waals surface area contributed by atoms with Gasteiger partial charge in [0, 0.05) is 19.2 Å². The lowest BCUT2D eigenvalue weighted by atomic mass is 10.1. The molecule has 18 heavy (non-hydrogen) atoms. The number of aliphatic hydroxyl groups excluding tert-OH is 1. The molecule has 0 aliphatic heterocycles. The first kappa shape index (κ1) is 12.2. The van der Waals surface area contributed by atoms with E-state index in [9.17, 15) is 0 Å². The predicted octanol–water partition coefficient (Wildman–Crippen LogP) is 2.28. The summed E-state index contributed by atoms with van der Waals surface area (Å²) >= 11 is 0. The molecule has 2 aromatic rings. The molecule has 0 saturated carbocycles. The van der Waals surface area contributed by atoms with Gasteiger partial charge in [0.25, 0.3) is 0 Å². The molecule has 2 rings (SSSR count). The van der Waals surface area contributed by atoms with Gasteiger partial charge in [0.05, 0.1) is 30.4 Å². The van der Waals surface area contributed by atoms with E-state index in [-0.39, 0.29) is 6.61 Å². The monoisotopic (exact) mass is 242 g/mol. The third-order valence-electron chi connectivity index (χ3n) is 2.78. The molecular formula is C14H14N2O2. The van der Waals surface area contributed by atoms with E-state index < -0.39 is 0 Å². The van der Waals surface area contributed by atoms with E-state index in [2.05, 4.69) is 6.07 Å². The van der Waals surface area contributed by atoms with Crippen molar-refractivity contribution in [2.75, 3.05) is 11.9 Å². The lowest BCUT2D eigenvalue weighted by Crippen LogP contribution is -2.17. The van der Waals surface area contributed by atoms with Gasteiger partial charge in [-0.05, 0) is 23.8 Å². The average molecular weight is 242 g/mol. The summed E-state index contributed by atoms with van der Waals surface area (Å²) in [5.41, 5.74) is 3.20. The number of hydrogen-bond donors (Lipinski definition) is 1. The number of hydrogen-bond acceptors (Lipinski definition) is 4. The molecule has 0 radical (unpaired) electrons. The van der Waals surface area contributed by atoms with Crippen molar-refractivity contribution in [3.63, 3.8) is 0 Å². The van der Waals surface area contributed by atoms with E-state index in [1.807, 2.05) is 30.1 Å². The van der Waals surface area contributed by atoms with E-state index in [1.165, 1.54) is 0 Å². The number of rotatable bonds is 4. The van der Waals surface area contributed by atoms with Gasteiger partial charge in [0.15, 0.2) is 0 Å². The maximum absolute atomic E-state index is 9.14. The van der Waals surface area contributed by atoms with Gasteiger partial charge in [-0.15, -0.1) is 0 Å². The van der Waals surface area contributed by atoms with Crippen LogP contribution in [-0.2, 0) is 13.2 Å². The topological polar surface area (TPSA) is 60.4 Å². The van der Waals surface area contributed by atoms with Gasteiger partial charge in [-0.1, -0.05) is 6.07 Å². The van der Waals surface area contributed by atoms with Gasteiger partial charge >= 0.3 is 0 Å². The Morgan fingerprint density at radius 2 is 2.17 bits per heavy atom. The molecule has 0 atom stereocenters. The second kappa shape index (κ2) is 5.39. The van der Waals surface area contributed by atoms with Crippen LogP contribution < -0.4 is 4.90 Å². The summed E-state index contributed by atoms with van der Waals surface area (Å²) in [4.78, 5) is 1.98. The fourth-order valence-corrected chi connectivity index (χ4v) is 1.85. The number of anilines is 1. The van der Waals surface area contributed by atoms with Crippen molar-refractivity contribution in [2.45, 2.75) is 13.2 Å². The van der Waals surface area contributed by atoms with Crippen molar-refractivity contribution in [1.29, 1.82) is 5.26 Å². The van der Waals surface area contributed by atoms with Crippen molar-refractivity contribution >= 4 is 5.69 Å². The second-order valence-corrected chi connectivity index (χ2v) is 4.11. The predicted molar refractivity (Wildman–Crippen MR) is 67.9 cm³/mol. The van der Waals surface area contributed by atoms with Crippen molar-refractivity contribution in [1.82, 2.24) is 0 Å². The average Bonchev–Trinajstić information content (AvgIpc) is 2.90. The minimum atomic E-state index is -0.0552. The SMILES string of the molecule is CN(Cc1ccoc1)c1ccc(CO)cc1C#N. The highest BCUT2D eigenvalue weighted by Gasteiger charge is 2.09. The quantitative estimate of drug-likeness (QED) is 0.893. The van der Waals surface area contributed by atoms with Gasteiger partial charge in [-0.2, -0.15) is 5.26 Å². The molecule has 92 valence electrons. The Kier molecular flexibility index (Phi) is 3.66. The fraction of sp³-hybridized carbons (Fsp3) is 0.214. The van der Waals surface area contributed by atoms with E-state index in [1.54, 1.807) is 18.6 Å². The molecule has 0 bridgehead atoms. The highest BCUT2D eigenvalue weighted by molar-refractivity contribution is 5.60. The Morgan fingerprint density at radius 3 is 2.78 bits per heavy atom. The number of nitriles is 1. The highest BCUT2D eigenvalue weighted by Crippen LogP contribution is 2.22. The first-order valence-corrected chi connectivity index (χ1v) is 5.60. The van der Waals surface area contributed by atoms with Gasteiger partial charge in [-0.25, -0.2) is 0 Å². The Balaban J connectivity index is 2.24. The van der Waals surface area contributed by atoms with Crippen LogP contribution in [0.4, 0.5) is 5.69 Å². The zero-order chi connectivity index (χ0) is 13.0. The van der Waals surface area contributed by atoms with Gasteiger partial charge in [0.1, 0.15) is 6.07 Å². The van der Waals surface area contributed by atoms with Crippen molar-refractivity contribution in [2.24, 2.45) is 0 Å². The Hall–Kier alpha value is -2.25. The van der Waals surface area contributed by atoms with Gasteiger partial charge in [-0.3, -0.25) is 0 Å². The van der Waals surface area contributed by atoms with Crippen LogP contribution in [0.2, 0.25) is 0 Å². The minimum absolute atomic E-state index is 0.0552. The summed E-state index contributed by atoms with van der Waals surface area (Å²) < 4.78 is 5.02. The molecule has 0 unspecified atom stereocenters. The minimum Gasteiger partial charge on any atom is -0.472 e. The summed E-state index contributed by atoms with van der Waals surface area (Å²) in [6, 6.07) is 9.43. The van der Waals surface area contributed by atoms with Gasteiger partial charge in [0.2, 0.25) is 0 Å². The number of aliphatic hydroxyl groups is 1. The lowest BCUT2D eigenvalue weighted by molar-refractivity contribution is 0.282. The Bertz CT molecular complexity index is 556. The number of furan rings is 1. The smallest absolute Gasteiger partial charge is 0.101 e. The molecule has 1 aromatic carbocycles. The number of nitrogens with zero attached hydrogens (tertiary/aromatic N) is 2. The van der Waals surface area contributed by atoms with Crippen LogP contribution in [0, 0.1) is 11.3 Å². The third-order valence-corrected chi connectivity index (χ3v) is 2.78. The zero-order valence-corrected chi connectivity index (χ0v) is 10.1. The van der Waals surface area contributed by atoms with Crippen LogP contribution in [0.15, 0.2) is 41.2 Å². The maximum atomic E-state index is 9.14. The zero-order valence-electron chi connectivity index (χ0n) is 10.1. The van der Waals surface area contributed by atoms with E-state index in [4.69, 9.17) is 14.8 Å². The molecule has 1 heterocycles. The Labute approximate surface area is 106 Å². The Morgan fingerprint density at radius 1 is 1.33 bits per heavy atom. The normalized spacial score (nSPS) is 10.1. The largest absolute Gasteiger partial charge is 0.472 e. The molecule has 0 amide bonds. The van der Waals surface area contributed by atoms with Crippen LogP contribution in [0.25, 0.3) is 0 Å². The van der Waals surface area contributed by atoms with E-state index in [0.717, 1.165) is 16.8 Å². The molecule has 1 aromatic heterocycles. The van der Waals surface area contributed by atoms with Crippen LogP contribution in [-0.4, -0.2) is 12.2 Å². The molecule has 0 aliphatic carbocycles. The molecule has 4 heteroatoms. The molecule has 1 N–H and O–H groups in total.